The third-order valence-corrected chi connectivity index (χ3v) is 10.7. The largest absolute Gasteiger partial charge is 0.507 e. The van der Waals surface area contributed by atoms with Crippen molar-refractivity contribution in [3.8, 4) is 17.2 Å². The molecule has 0 saturated carbocycles. The van der Waals surface area contributed by atoms with E-state index in [1.807, 2.05) is 92.4 Å². The van der Waals surface area contributed by atoms with Crippen molar-refractivity contribution in [1.82, 2.24) is 0 Å². The van der Waals surface area contributed by atoms with Crippen LogP contribution < -0.4 is 26.0 Å². The maximum absolute atomic E-state index is 12.8. The zero-order valence-corrected chi connectivity index (χ0v) is 34.4. The Hall–Kier alpha value is -7.27. The lowest BCUT2D eigenvalue weighted by atomic mass is 9.77. The Labute approximate surface area is 350 Å². The summed E-state index contributed by atoms with van der Waals surface area (Å²) in [6.45, 7) is 13.6. The molecule has 6 N–H and O–H groups in total. The number of esters is 1. The molecule has 1 unspecified atom stereocenters. The summed E-state index contributed by atoms with van der Waals surface area (Å²) in [5, 5.41) is 19.4. The number of aryl methyl sites for hydroxylation is 1. The number of ketones is 1. The number of aromatic hydroxyl groups is 1. The molecule has 0 saturated heterocycles. The third kappa shape index (κ3) is 8.33. The highest BCUT2D eigenvalue weighted by Gasteiger charge is 2.53. The van der Waals surface area contributed by atoms with E-state index in [0.29, 0.717) is 22.7 Å². The van der Waals surface area contributed by atoms with E-state index in [4.69, 9.17) is 20.9 Å². The van der Waals surface area contributed by atoms with Gasteiger partial charge in [-0.05, 0) is 101 Å². The van der Waals surface area contributed by atoms with Crippen molar-refractivity contribution in [1.29, 1.82) is 0 Å². The van der Waals surface area contributed by atoms with Crippen LogP contribution >= 0.6 is 0 Å². The predicted octanol–water partition coefficient (Wildman–Crippen LogP) is 9.43. The van der Waals surface area contributed by atoms with Crippen molar-refractivity contribution in [2.75, 3.05) is 47.4 Å². The molecule has 0 fully saturated rings. The van der Waals surface area contributed by atoms with E-state index < -0.39 is 17.4 Å². The van der Waals surface area contributed by atoms with Crippen molar-refractivity contribution < 1.29 is 34.1 Å². The minimum atomic E-state index is -1.17. The number of aromatic carboxylic acids is 1. The maximum atomic E-state index is 12.8. The Morgan fingerprint density at radius 2 is 1.20 bits per heavy atom. The molecule has 11 nitrogen and oxygen atoms in total. The minimum absolute atomic E-state index is 0.0610. The number of carboxylic acids is 1. The molecule has 0 amide bonds. The zero-order valence-electron chi connectivity index (χ0n) is 34.4. The molecular weight excluding hydrogens is 757 g/mol. The zero-order chi connectivity index (χ0) is 43.1. The van der Waals surface area contributed by atoms with E-state index in [1.54, 1.807) is 30.3 Å². The number of phenolic OH excluding ortho intramolecular Hbond substituents is 1. The number of hydrogen-bond acceptors (Lipinski definition) is 10. The van der Waals surface area contributed by atoms with Crippen LogP contribution in [0.3, 0.4) is 0 Å². The lowest BCUT2D eigenvalue weighted by Gasteiger charge is -2.37. The maximum Gasteiger partial charge on any atom is 0.340 e. The van der Waals surface area contributed by atoms with Gasteiger partial charge in [-0.2, -0.15) is 0 Å². The number of phenols is 1. The lowest BCUT2D eigenvalue weighted by molar-refractivity contribution is 0.0224. The Morgan fingerprint density at radius 3 is 1.82 bits per heavy atom. The Morgan fingerprint density at radius 1 is 0.617 bits per heavy atom. The van der Waals surface area contributed by atoms with Gasteiger partial charge >= 0.3 is 11.9 Å². The summed E-state index contributed by atoms with van der Waals surface area (Å²) in [6, 6.07) is 37.7. The van der Waals surface area contributed by atoms with Crippen LogP contribution in [0.15, 0.2) is 127 Å². The van der Waals surface area contributed by atoms with Crippen molar-refractivity contribution >= 4 is 40.5 Å². The number of benzene rings is 6. The number of hydrogen-bond donors (Lipinski definition) is 4. The van der Waals surface area contributed by atoms with Gasteiger partial charge in [-0.1, -0.05) is 54.1 Å². The molecule has 2 aliphatic rings. The smallest absolute Gasteiger partial charge is 0.340 e. The van der Waals surface area contributed by atoms with Gasteiger partial charge in [0.1, 0.15) is 17.2 Å². The number of rotatable bonds is 9. The highest BCUT2D eigenvalue weighted by molar-refractivity contribution is 6.15. The van der Waals surface area contributed by atoms with E-state index in [1.165, 1.54) is 29.8 Å². The molecule has 60 heavy (non-hydrogen) atoms. The van der Waals surface area contributed by atoms with Gasteiger partial charge in [-0.15, -0.1) is 0 Å². The van der Waals surface area contributed by atoms with Gasteiger partial charge in [0.25, 0.3) is 0 Å². The number of ether oxygens (including phenoxy) is 2. The molecule has 1 atom stereocenters. The topological polar surface area (TPSA) is 169 Å². The third-order valence-electron chi connectivity index (χ3n) is 10.7. The summed E-state index contributed by atoms with van der Waals surface area (Å²) in [5.74, 6) is -0.835. The Kier molecular flexibility index (Phi) is 12.8. The Bertz CT molecular complexity index is 2510. The first-order chi connectivity index (χ1) is 28.9. The first-order valence-electron chi connectivity index (χ1n) is 19.9. The number of nitrogens with zero attached hydrogens (tertiary/aromatic N) is 2. The number of fused-ring (bicyclic) bond motifs is 6. The van der Waals surface area contributed by atoms with Crippen LogP contribution in [-0.2, 0) is 10.3 Å². The highest BCUT2D eigenvalue weighted by Crippen LogP contribution is 2.56. The van der Waals surface area contributed by atoms with E-state index in [9.17, 15) is 24.6 Å². The van der Waals surface area contributed by atoms with Crippen LogP contribution in [0, 0.1) is 6.92 Å². The fraction of sp³-hybridized carbons (Fsp3) is 0.204. The van der Waals surface area contributed by atoms with Crippen LogP contribution in [0.4, 0.5) is 22.7 Å². The highest BCUT2D eigenvalue weighted by atomic mass is 16.6. The van der Waals surface area contributed by atoms with Gasteiger partial charge in [0.2, 0.25) is 0 Å². The number of carbonyl (C=O) groups excluding carboxylic acids is 2. The van der Waals surface area contributed by atoms with Crippen LogP contribution in [-0.4, -0.2) is 54.1 Å². The summed E-state index contributed by atoms with van der Waals surface area (Å²) < 4.78 is 12.4. The molecule has 2 heterocycles. The van der Waals surface area contributed by atoms with Crippen molar-refractivity contribution in [3.05, 3.63) is 172 Å². The predicted molar refractivity (Wildman–Crippen MR) is 237 cm³/mol. The van der Waals surface area contributed by atoms with Gasteiger partial charge in [0.05, 0.1) is 16.7 Å². The van der Waals surface area contributed by atoms with Gasteiger partial charge in [-0.3, -0.25) is 4.79 Å². The molecule has 6 aromatic carbocycles. The van der Waals surface area contributed by atoms with Crippen LogP contribution in [0.2, 0.25) is 0 Å². The molecule has 8 rings (SSSR count). The second-order valence-electron chi connectivity index (χ2n) is 14.3. The van der Waals surface area contributed by atoms with E-state index in [-0.39, 0.29) is 28.4 Å². The molecular formula is C49H50N4O7. The number of nitrogen functional groups attached to an aromatic ring is 2. The Balaban J connectivity index is 0.000000173. The average molecular weight is 807 g/mol. The summed E-state index contributed by atoms with van der Waals surface area (Å²) in [5.41, 5.74) is 18.0. The fourth-order valence-electron chi connectivity index (χ4n) is 7.54. The average Bonchev–Trinajstić information content (AvgIpc) is 3.55. The van der Waals surface area contributed by atoms with Crippen molar-refractivity contribution in [2.24, 2.45) is 0 Å². The van der Waals surface area contributed by atoms with Gasteiger partial charge in [-0.25, -0.2) is 9.59 Å². The van der Waals surface area contributed by atoms with Crippen molar-refractivity contribution in [2.45, 2.75) is 40.2 Å². The standard InChI is InChI=1S/C24H22N2O3.C18H19NO4.C7H9N/c1-3-26(4-2)16-10-11-19-22(14-16)28-21-12-9-15(25)13-20(21)24(19)18-8-6-5-7-17(18)23(27)29-24;1-3-19(4-2)12-9-10-15(16(20)11-12)17(21)13-7-5-6-8-14(13)18(22)23;1-6-2-4-7(8)5-3-6/h5-14H,3-4,25H2,1-2H3;5-11,20H,3-4H2,1-2H3,(H,22,23);2-5H,8H2,1H3. The SMILES string of the molecule is CCN(CC)c1ccc(C(=O)c2ccccc2C(=O)O)c(O)c1.CCN(CC)c1ccc2c(c1)Oc1ccc(N)cc1C21OC(=O)c2ccccc21.Cc1ccc(N)cc1. The normalized spacial score (nSPS) is 14.1. The second kappa shape index (κ2) is 18.1. The van der Waals surface area contributed by atoms with E-state index in [0.717, 1.165) is 59.9 Å². The van der Waals surface area contributed by atoms with E-state index >= 15 is 0 Å². The van der Waals surface area contributed by atoms with E-state index in [2.05, 4.69) is 24.8 Å². The summed E-state index contributed by atoms with van der Waals surface area (Å²) in [6.07, 6.45) is 0. The summed E-state index contributed by atoms with van der Waals surface area (Å²) in [4.78, 5) is 40.9. The first-order valence-corrected chi connectivity index (χ1v) is 19.9. The lowest BCUT2D eigenvalue weighted by Crippen LogP contribution is -2.33. The molecule has 0 aromatic heterocycles. The number of anilines is 4. The van der Waals surface area contributed by atoms with Crippen LogP contribution in [0.5, 0.6) is 17.2 Å². The van der Waals surface area contributed by atoms with Gasteiger partial charge in [0.15, 0.2) is 11.4 Å². The molecule has 308 valence electrons. The van der Waals surface area contributed by atoms with Crippen LogP contribution in [0.1, 0.15) is 86.6 Å². The molecule has 0 radical (unpaired) electrons. The number of nitrogens with two attached hydrogens (primary N) is 2. The molecule has 0 aliphatic carbocycles. The van der Waals surface area contributed by atoms with Gasteiger partial charge in [0, 0.05) is 83.3 Å². The number of carboxylic acid groups (broad SMARTS) is 1. The molecule has 2 aliphatic heterocycles. The summed E-state index contributed by atoms with van der Waals surface area (Å²) in [7, 11) is 0. The fourth-order valence-corrected chi connectivity index (χ4v) is 7.54. The minimum Gasteiger partial charge on any atom is -0.507 e. The molecule has 6 aromatic rings. The quantitative estimate of drug-likeness (QED) is 0.0624. The van der Waals surface area contributed by atoms with Gasteiger partial charge < -0.3 is 41.0 Å². The second-order valence-corrected chi connectivity index (χ2v) is 14.3. The molecule has 0 bridgehead atoms. The monoisotopic (exact) mass is 806 g/mol. The van der Waals surface area contributed by atoms with Crippen molar-refractivity contribution in [3.63, 3.8) is 0 Å². The first kappa shape index (κ1) is 42.3. The molecule has 11 heteroatoms. The van der Waals surface area contributed by atoms with Crippen LogP contribution in [0.25, 0.3) is 0 Å². The number of carbonyl (C=O) groups is 3. The molecule has 1 spiro atoms. The summed E-state index contributed by atoms with van der Waals surface area (Å²) >= 11 is 0.